The number of nitrogens with one attached hydrogen (secondary N) is 1. The molecular formula is C13H11ClN4S. The maximum absolute atomic E-state index is 5.89. The average molecular weight is 291 g/mol. The van der Waals surface area contributed by atoms with Crippen LogP contribution in [0, 0.1) is 0 Å². The Morgan fingerprint density at radius 2 is 2.05 bits per heavy atom. The Balaban J connectivity index is 2.03. The highest BCUT2D eigenvalue weighted by molar-refractivity contribution is 7.99. The molecule has 2 aromatic heterocycles. The van der Waals surface area contributed by atoms with Crippen LogP contribution in [0.15, 0.2) is 52.8 Å². The van der Waals surface area contributed by atoms with Crippen molar-refractivity contribution in [1.29, 1.82) is 0 Å². The van der Waals surface area contributed by atoms with Gasteiger partial charge in [-0.2, -0.15) is 0 Å². The average Bonchev–Trinajstić information content (AvgIpc) is 2.89. The Labute approximate surface area is 119 Å². The van der Waals surface area contributed by atoms with Crippen LogP contribution in [0.2, 0.25) is 5.02 Å². The van der Waals surface area contributed by atoms with Gasteiger partial charge < -0.3 is 9.72 Å². The summed E-state index contributed by atoms with van der Waals surface area (Å²) in [5.41, 5.74) is 0.846. The van der Waals surface area contributed by atoms with Crippen molar-refractivity contribution < 1.29 is 0 Å². The summed E-state index contributed by atoms with van der Waals surface area (Å²) in [6.45, 7) is 0. The highest BCUT2D eigenvalue weighted by Crippen LogP contribution is 2.30. The number of nitrogens with zero attached hydrogens (tertiary/aromatic N) is 3. The number of imidazole rings is 1. The van der Waals surface area contributed by atoms with Crippen molar-refractivity contribution in [3.05, 3.63) is 47.9 Å². The van der Waals surface area contributed by atoms with Crippen LogP contribution in [0.25, 0.3) is 5.65 Å². The van der Waals surface area contributed by atoms with Crippen molar-refractivity contribution in [2.24, 2.45) is 0 Å². The van der Waals surface area contributed by atoms with Gasteiger partial charge in [-0.1, -0.05) is 23.4 Å². The second kappa shape index (κ2) is 5.11. The lowest BCUT2D eigenvalue weighted by Gasteiger charge is -2.06. The minimum Gasteiger partial charge on any atom is -0.372 e. The molecule has 0 saturated carbocycles. The molecule has 0 atom stereocenters. The zero-order chi connectivity index (χ0) is 13.2. The standard InChI is InChI=1S/C13H11ClN4S/c1-15-11-8-18-7-6-16-12(18)13(17-11)19-10-4-2-9(14)3-5-10/h2-8,15H,1H3. The summed E-state index contributed by atoms with van der Waals surface area (Å²) in [7, 11) is 1.85. The lowest BCUT2D eigenvalue weighted by atomic mass is 10.4. The topological polar surface area (TPSA) is 42.2 Å². The number of anilines is 1. The lowest BCUT2D eigenvalue weighted by Crippen LogP contribution is -1.98. The van der Waals surface area contributed by atoms with Gasteiger partial charge >= 0.3 is 0 Å². The van der Waals surface area contributed by atoms with Crippen molar-refractivity contribution in [2.75, 3.05) is 12.4 Å². The van der Waals surface area contributed by atoms with Crippen LogP contribution >= 0.6 is 23.4 Å². The molecule has 0 radical (unpaired) electrons. The van der Waals surface area contributed by atoms with E-state index in [1.807, 2.05) is 48.1 Å². The molecule has 0 unspecified atom stereocenters. The molecule has 1 aromatic carbocycles. The van der Waals surface area contributed by atoms with E-state index < -0.39 is 0 Å². The number of halogens is 1. The number of hydrogen-bond acceptors (Lipinski definition) is 4. The van der Waals surface area contributed by atoms with E-state index in [4.69, 9.17) is 11.6 Å². The quantitative estimate of drug-likeness (QED) is 0.801. The Morgan fingerprint density at radius 3 is 2.79 bits per heavy atom. The van der Waals surface area contributed by atoms with Gasteiger partial charge in [-0.3, -0.25) is 0 Å². The fourth-order valence-corrected chi connectivity index (χ4v) is 2.72. The molecule has 0 amide bonds. The van der Waals surface area contributed by atoms with E-state index in [-0.39, 0.29) is 0 Å². The summed E-state index contributed by atoms with van der Waals surface area (Å²) in [5.74, 6) is 0.807. The summed E-state index contributed by atoms with van der Waals surface area (Å²) in [5, 5.41) is 4.64. The molecule has 3 rings (SSSR count). The number of aromatic nitrogens is 3. The van der Waals surface area contributed by atoms with Crippen molar-refractivity contribution in [1.82, 2.24) is 14.4 Å². The van der Waals surface area contributed by atoms with Gasteiger partial charge in [0.15, 0.2) is 5.65 Å². The molecule has 19 heavy (non-hydrogen) atoms. The molecule has 0 bridgehead atoms. The summed E-state index contributed by atoms with van der Waals surface area (Å²) in [6.07, 6.45) is 5.58. The first-order chi connectivity index (χ1) is 9.26. The van der Waals surface area contributed by atoms with E-state index in [1.165, 1.54) is 0 Å². The normalized spacial score (nSPS) is 10.8. The third-order valence-electron chi connectivity index (χ3n) is 2.63. The van der Waals surface area contributed by atoms with E-state index in [0.717, 1.165) is 26.4 Å². The van der Waals surface area contributed by atoms with Gasteiger partial charge in [0.1, 0.15) is 10.8 Å². The Bertz CT molecular complexity index is 708. The highest BCUT2D eigenvalue weighted by Gasteiger charge is 2.08. The first-order valence-corrected chi connectivity index (χ1v) is 6.90. The predicted molar refractivity (Wildman–Crippen MR) is 78.1 cm³/mol. The molecule has 0 aliphatic heterocycles. The van der Waals surface area contributed by atoms with Gasteiger partial charge in [0.05, 0.1) is 6.20 Å². The zero-order valence-electron chi connectivity index (χ0n) is 10.2. The molecule has 1 N–H and O–H groups in total. The molecular weight excluding hydrogens is 280 g/mol. The Kier molecular flexibility index (Phi) is 3.31. The third kappa shape index (κ3) is 2.52. The summed E-state index contributed by atoms with van der Waals surface area (Å²) >= 11 is 7.46. The maximum atomic E-state index is 5.89. The van der Waals surface area contributed by atoms with E-state index in [9.17, 15) is 0 Å². The minimum atomic E-state index is 0.729. The molecule has 0 spiro atoms. The maximum Gasteiger partial charge on any atom is 0.170 e. The molecule has 2 heterocycles. The molecule has 0 aliphatic rings. The molecule has 3 aromatic rings. The van der Waals surface area contributed by atoms with Crippen molar-refractivity contribution in [2.45, 2.75) is 9.92 Å². The van der Waals surface area contributed by atoms with Crippen LogP contribution < -0.4 is 5.32 Å². The largest absolute Gasteiger partial charge is 0.372 e. The van der Waals surface area contributed by atoms with E-state index >= 15 is 0 Å². The van der Waals surface area contributed by atoms with Gasteiger partial charge in [-0.15, -0.1) is 0 Å². The third-order valence-corrected chi connectivity index (χ3v) is 3.85. The minimum absolute atomic E-state index is 0.729. The van der Waals surface area contributed by atoms with Crippen molar-refractivity contribution >= 4 is 34.8 Å². The van der Waals surface area contributed by atoms with E-state index in [0.29, 0.717) is 0 Å². The Morgan fingerprint density at radius 1 is 1.26 bits per heavy atom. The molecule has 0 saturated heterocycles. The second-order valence-electron chi connectivity index (χ2n) is 3.90. The number of benzene rings is 1. The van der Waals surface area contributed by atoms with Crippen LogP contribution in [0.1, 0.15) is 0 Å². The fourth-order valence-electron chi connectivity index (χ4n) is 1.71. The molecule has 0 fully saturated rings. The molecule has 6 heteroatoms. The predicted octanol–water partition coefficient (Wildman–Crippen LogP) is 3.58. The van der Waals surface area contributed by atoms with Crippen molar-refractivity contribution in [3.8, 4) is 0 Å². The van der Waals surface area contributed by atoms with E-state index in [1.54, 1.807) is 18.0 Å². The van der Waals surface area contributed by atoms with Crippen LogP contribution in [-0.2, 0) is 0 Å². The SMILES string of the molecule is CNc1cn2ccnc2c(Sc2ccc(Cl)cc2)n1. The van der Waals surface area contributed by atoms with Crippen molar-refractivity contribution in [3.63, 3.8) is 0 Å². The molecule has 0 aliphatic carbocycles. The number of hydrogen-bond donors (Lipinski definition) is 1. The molecule has 96 valence electrons. The Hall–Kier alpha value is -1.72. The van der Waals surface area contributed by atoms with Gasteiger partial charge in [0.2, 0.25) is 0 Å². The van der Waals surface area contributed by atoms with E-state index in [2.05, 4.69) is 15.3 Å². The smallest absolute Gasteiger partial charge is 0.170 e. The lowest BCUT2D eigenvalue weighted by molar-refractivity contribution is 1.03. The van der Waals surface area contributed by atoms with Gasteiger partial charge in [-0.25, -0.2) is 9.97 Å². The van der Waals surface area contributed by atoms with Gasteiger partial charge in [-0.05, 0) is 24.3 Å². The molecule has 4 nitrogen and oxygen atoms in total. The summed E-state index contributed by atoms with van der Waals surface area (Å²) in [6, 6.07) is 7.68. The highest BCUT2D eigenvalue weighted by atomic mass is 35.5. The van der Waals surface area contributed by atoms with Crippen LogP contribution in [-0.4, -0.2) is 21.4 Å². The first kappa shape index (κ1) is 12.3. The number of rotatable bonds is 3. The second-order valence-corrected chi connectivity index (χ2v) is 5.39. The van der Waals surface area contributed by atoms with Crippen LogP contribution in [0.5, 0.6) is 0 Å². The fraction of sp³-hybridized carbons (Fsp3) is 0.0769. The van der Waals surface area contributed by atoms with Gasteiger partial charge in [0, 0.05) is 29.4 Å². The summed E-state index contributed by atoms with van der Waals surface area (Å²) in [4.78, 5) is 9.96. The first-order valence-electron chi connectivity index (χ1n) is 5.71. The monoisotopic (exact) mass is 290 g/mol. The zero-order valence-corrected chi connectivity index (χ0v) is 11.7. The van der Waals surface area contributed by atoms with Gasteiger partial charge in [0.25, 0.3) is 0 Å². The van der Waals surface area contributed by atoms with Crippen LogP contribution in [0.4, 0.5) is 5.82 Å². The summed E-state index contributed by atoms with van der Waals surface area (Å²) < 4.78 is 1.96. The number of fused-ring (bicyclic) bond motifs is 1. The van der Waals surface area contributed by atoms with Crippen LogP contribution in [0.3, 0.4) is 0 Å².